The lowest BCUT2D eigenvalue weighted by Crippen LogP contribution is -2.23. The van der Waals surface area contributed by atoms with Crippen molar-refractivity contribution in [1.82, 2.24) is 14.6 Å². The third-order valence-corrected chi connectivity index (χ3v) is 4.80. The highest BCUT2D eigenvalue weighted by molar-refractivity contribution is 7.15. The zero-order chi connectivity index (χ0) is 17.9. The average molecular weight is 361 g/mol. The first-order chi connectivity index (χ1) is 12.7. The molecule has 0 aliphatic heterocycles. The number of rotatable bonds is 4. The van der Waals surface area contributed by atoms with Crippen LogP contribution < -0.4 is 14.8 Å². The van der Waals surface area contributed by atoms with Crippen LogP contribution in [-0.4, -0.2) is 21.7 Å². The molecule has 5 nitrogen and oxygen atoms in total. The molecule has 0 unspecified atom stereocenters. The van der Waals surface area contributed by atoms with Gasteiger partial charge in [0.25, 0.3) is 5.56 Å². The first-order valence-corrected chi connectivity index (χ1v) is 8.83. The molecule has 0 fully saturated rings. The largest absolute Gasteiger partial charge is 0.497 e. The molecular formula is C20H15N3O2S. The van der Waals surface area contributed by atoms with E-state index >= 15 is 0 Å². The molecule has 4 rings (SSSR count). The van der Waals surface area contributed by atoms with Crippen LogP contribution in [0.3, 0.4) is 0 Å². The van der Waals surface area contributed by atoms with Crippen molar-refractivity contribution in [3.8, 4) is 5.75 Å². The molecule has 0 N–H and O–H groups in total. The Kier molecular flexibility index (Phi) is 4.33. The van der Waals surface area contributed by atoms with Crippen LogP contribution in [0.4, 0.5) is 0 Å². The predicted molar refractivity (Wildman–Crippen MR) is 104 cm³/mol. The van der Waals surface area contributed by atoms with Gasteiger partial charge in [-0.3, -0.25) is 4.79 Å². The molecule has 2 aromatic heterocycles. The van der Waals surface area contributed by atoms with Crippen LogP contribution in [0.25, 0.3) is 23.2 Å². The fraction of sp³-hybridized carbons (Fsp3) is 0.0500. The number of thiazole rings is 1. The third-order valence-electron chi connectivity index (χ3n) is 3.84. The summed E-state index contributed by atoms with van der Waals surface area (Å²) in [5, 5.41) is 4.29. The summed E-state index contributed by atoms with van der Waals surface area (Å²) in [7, 11) is 1.62. The van der Waals surface area contributed by atoms with Crippen molar-refractivity contribution >= 4 is 34.5 Å². The fourth-order valence-corrected chi connectivity index (χ4v) is 3.42. The number of nitrogens with zero attached hydrogens (tertiary/aromatic N) is 3. The number of methoxy groups -OCH3 is 1. The van der Waals surface area contributed by atoms with Crippen LogP contribution in [0.5, 0.6) is 5.75 Å². The van der Waals surface area contributed by atoms with Crippen molar-refractivity contribution in [2.75, 3.05) is 7.11 Å². The first kappa shape index (κ1) is 16.2. The Bertz CT molecular complexity index is 1180. The molecule has 6 heteroatoms. The maximum absolute atomic E-state index is 12.5. The van der Waals surface area contributed by atoms with E-state index < -0.39 is 0 Å². The average Bonchev–Trinajstić information content (AvgIpc) is 3.21. The molecule has 0 atom stereocenters. The van der Waals surface area contributed by atoms with Crippen molar-refractivity contribution in [1.29, 1.82) is 0 Å². The van der Waals surface area contributed by atoms with E-state index in [-0.39, 0.29) is 5.56 Å². The number of aromatic nitrogens is 3. The van der Waals surface area contributed by atoms with Crippen LogP contribution in [0.2, 0.25) is 0 Å². The molecule has 2 heterocycles. The Balaban J connectivity index is 1.66. The summed E-state index contributed by atoms with van der Waals surface area (Å²) in [5.74, 6) is 1.30. The van der Waals surface area contributed by atoms with Gasteiger partial charge in [-0.1, -0.05) is 59.9 Å². The fourth-order valence-electron chi connectivity index (χ4n) is 2.51. The molecule has 0 saturated carbocycles. The summed E-state index contributed by atoms with van der Waals surface area (Å²) in [4.78, 5) is 17.5. The summed E-state index contributed by atoms with van der Waals surface area (Å²) in [6, 6.07) is 17.4. The van der Waals surface area contributed by atoms with Crippen LogP contribution in [0.15, 0.2) is 59.4 Å². The maximum atomic E-state index is 12.5. The first-order valence-electron chi connectivity index (χ1n) is 8.01. The van der Waals surface area contributed by atoms with Gasteiger partial charge >= 0.3 is 0 Å². The highest BCUT2D eigenvalue weighted by atomic mass is 32.1. The molecule has 2 aromatic carbocycles. The minimum absolute atomic E-state index is 0.160. The van der Waals surface area contributed by atoms with E-state index in [0.717, 1.165) is 16.9 Å². The predicted octanol–water partition coefficient (Wildman–Crippen LogP) is 2.88. The van der Waals surface area contributed by atoms with Crippen LogP contribution in [-0.2, 0) is 0 Å². The zero-order valence-corrected chi connectivity index (χ0v) is 14.8. The second-order valence-corrected chi connectivity index (χ2v) is 6.61. The van der Waals surface area contributed by atoms with Gasteiger partial charge in [-0.15, -0.1) is 5.10 Å². The van der Waals surface area contributed by atoms with Crippen molar-refractivity contribution in [3.63, 3.8) is 0 Å². The number of hydrogen-bond donors (Lipinski definition) is 0. The van der Waals surface area contributed by atoms with Crippen LogP contribution in [0.1, 0.15) is 17.0 Å². The van der Waals surface area contributed by atoms with Gasteiger partial charge in [0, 0.05) is 0 Å². The van der Waals surface area contributed by atoms with E-state index in [9.17, 15) is 4.79 Å². The van der Waals surface area contributed by atoms with Gasteiger partial charge in [-0.05, 0) is 35.4 Å². The van der Waals surface area contributed by atoms with Crippen molar-refractivity contribution in [2.24, 2.45) is 0 Å². The second-order valence-electron chi connectivity index (χ2n) is 5.60. The molecule has 0 bridgehead atoms. The molecule has 4 aromatic rings. The Hall–Kier alpha value is -3.25. The molecule has 26 heavy (non-hydrogen) atoms. The summed E-state index contributed by atoms with van der Waals surface area (Å²) in [6.07, 6.45) is 5.57. The highest BCUT2D eigenvalue weighted by Gasteiger charge is 2.08. The van der Waals surface area contributed by atoms with E-state index in [2.05, 4.69) is 10.1 Å². The number of benzene rings is 2. The van der Waals surface area contributed by atoms with Crippen molar-refractivity contribution in [3.05, 3.63) is 86.4 Å². The van der Waals surface area contributed by atoms with E-state index in [1.54, 1.807) is 13.2 Å². The molecule has 0 aliphatic rings. The summed E-state index contributed by atoms with van der Waals surface area (Å²) < 4.78 is 7.10. The summed E-state index contributed by atoms with van der Waals surface area (Å²) in [6.45, 7) is 0. The monoisotopic (exact) mass is 361 g/mol. The molecule has 0 radical (unpaired) electrons. The normalized spacial score (nSPS) is 12.3. The Labute approximate surface area is 153 Å². The quantitative estimate of drug-likeness (QED) is 0.561. The van der Waals surface area contributed by atoms with Gasteiger partial charge in [0.1, 0.15) is 5.75 Å². The van der Waals surface area contributed by atoms with Gasteiger partial charge in [0.15, 0.2) is 5.82 Å². The van der Waals surface area contributed by atoms with E-state index in [1.807, 2.05) is 66.7 Å². The summed E-state index contributed by atoms with van der Waals surface area (Å²) >= 11 is 1.33. The number of hydrogen-bond acceptors (Lipinski definition) is 5. The van der Waals surface area contributed by atoms with Gasteiger partial charge in [-0.25, -0.2) is 0 Å². The van der Waals surface area contributed by atoms with Gasteiger partial charge < -0.3 is 4.74 Å². The van der Waals surface area contributed by atoms with Crippen molar-refractivity contribution in [2.45, 2.75) is 0 Å². The highest BCUT2D eigenvalue weighted by Crippen LogP contribution is 2.12. The lowest BCUT2D eigenvalue weighted by atomic mass is 10.2. The lowest BCUT2D eigenvalue weighted by Gasteiger charge is -1.98. The van der Waals surface area contributed by atoms with E-state index in [1.165, 1.54) is 15.9 Å². The zero-order valence-electron chi connectivity index (χ0n) is 14.0. The summed E-state index contributed by atoms with van der Waals surface area (Å²) in [5.41, 5.74) is 1.82. The van der Waals surface area contributed by atoms with Gasteiger partial charge in [0.2, 0.25) is 4.96 Å². The Morgan fingerprint density at radius 1 is 1.00 bits per heavy atom. The molecule has 0 saturated heterocycles. The molecule has 0 spiro atoms. The molecule has 128 valence electrons. The van der Waals surface area contributed by atoms with E-state index in [0.29, 0.717) is 15.3 Å². The topological polar surface area (TPSA) is 56.5 Å². The second kappa shape index (κ2) is 6.93. The molecular weight excluding hydrogens is 346 g/mol. The van der Waals surface area contributed by atoms with Gasteiger partial charge in [-0.2, -0.15) is 9.50 Å². The third kappa shape index (κ3) is 3.27. The smallest absolute Gasteiger partial charge is 0.291 e. The SMILES string of the molecule is COc1ccc(/C=c2\sc3nc(/C=C/c4ccccc4)nn3c2=O)cc1. The lowest BCUT2D eigenvalue weighted by molar-refractivity contribution is 0.415. The molecule has 0 aliphatic carbocycles. The minimum Gasteiger partial charge on any atom is -0.497 e. The standard InChI is InChI=1S/C20H15N3O2S/c1-25-16-10-7-15(8-11-16)13-17-19(24)23-20(26-17)21-18(22-23)12-9-14-5-3-2-4-6-14/h2-13H,1H3/b12-9+,17-13-. The number of fused-ring (bicyclic) bond motifs is 1. The number of ether oxygens (including phenoxy) is 1. The Morgan fingerprint density at radius 2 is 1.77 bits per heavy atom. The van der Waals surface area contributed by atoms with Crippen molar-refractivity contribution < 1.29 is 4.74 Å². The minimum atomic E-state index is -0.160. The van der Waals surface area contributed by atoms with Gasteiger partial charge in [0.05, 0.1) is 11.6 Å². The van der Waals surface area contributed by atoms with Crippen LogP contribution in [0, 0.1) is 0 Å². The Morgan fingerprint density at radius 3 is 2.46 bits per heavy atom. The van der Waals surface area contributed by atoms with Crippen LogP contribution >= 0.6 is 11.3 Å². The molecule has 0 amide bonds. The van der Waals surface area contributed by atoms with E-state index in [4.69, 9.17) is 4.74 Å². The maximum Gasteiger partial charge on any atom is 0.291 e.